The number of aromatic nitrogens is 1. The van der Waals surface area contributed by atoms with Crippen LogP contribution in [0.5, 0.6) is 0 Å². The maximum atomic E-state index is 5.28. The number of benzene rings is 6. The first kappa shape index (κ1) is 24.9. The maximum absolute atomic E-state index is 5.28. The van der Waals surface area contributed by atoms with Gasteiger partial charge in [0.25, 0.3) is 0 Å². The average molecular weight is 570 g/mol. The van der Waals surface area contributed by atoms with Crippen LogP contribution >= 0.6 is 11.3 Å². The second-order valence-corrected chi connectivity index (χ2v) is 15.6. The van der Waals surface area contributed by atoms with Crippen LogP contribution < -0.4 is 20.7 Å². The summed E-state index contributed by atoms with van der Waals surface area (Å²) in [4.78, 5) is 5.28. The highest BCUT2D eigenvalue weighted by Gasteiger charge is 2.41. The van der Waals surface area contributed by atoms with E-state index < -0.39 is 8.07 Å². The SMILES string of the molecule is c1ccc([Si](c2ccccc2)(c2ccccc2)c2ccc(-c3nc4ccccc4c4sc5ccccc5c34)cc2)cc1. The minimum Gasteiger partial charge on any atom is -0.247 e. The molecule has 0 saturated heterocycles. The van der Waals surface area contributed by atoms with Gasteiger partial charge in [0.2, 0.25) is 0 Å². The Kier molecular flexibility index (Phi) is 6.06. The molecule has 0 unspecified atom stereocenters. The Morgan fingerprint density at radius 1 is 0.429 bits per heavy atom. The minimum absolute atomic E-state index is 1.04. The lowest BCUT2D eigenvalue weighted by Crippen LogP contribution is -2.74. The molecule has 8 rings (SSSR count). The molecule has 0 aliphatic carbocycles. The number of thiophene rings is 1. The summed E-state index contributed by atoms with van der Waals surface area (Å²) in [6.07, 6.45) is 0. The summed E-state index contributed by atoms with van der Waals surface area (Å²) < 4.78 is 2.61. The van der Waals surface area contributed by atoms with Crippen LogP contribution in [0.4, 0.5) is 0 Å². The lowest BCUT2D eigenvalue weighted by Gasteiger charge is -2.34. The number of fused-ring (bicyclic) bond motifs is 5. The average Bonchev–Trinajstić information content (AvgIpc) is 3.47. The summed E-state index contributed by atoms with van der Waals surface area (Å²) in [7, 11) is -2.57. The second-order valence-electron chi connectivity index (χ2n) is 10.7. The molecule has 198 valence electrons. The lowest BCUT2D eigenvalue weighted by molar-refractivity contribution is 1.44. The predicted molar refractivity (Wildman–Crippen MR) is 184 cm³/mol. The van der Waals surface area contributed by atoms with Crippen molar-refractivity contribution < 1.29 is 0 Å². The van der Waals surface area contributed by atoms with Crippen LogP contribution in [-0.4, -0.2) is 13.1 Å². The molecule has 0 spiro atoms. The van der Waals surface area contributed by atoms with Gasteiger partial charge in [-0.05, 0) is 32.9 Å². The zero-order valence-corrected chi connectivity index (χ0v) is 24.8. The molecule has 2 heterocycles. The van der Waals surface area contributed by atoms with Crippen LogP contribution in [0.25, 0.3) is 42.3 Å². The fourth-order valence-electron chi connectivity index (χ4n) is 6.56. The van der Waals surface area contributed by atoms with Crippen LogP contribution in [0, 0.1) is 0 Å². The van der Waals surface area contributed by atoms with Gasteiger partial charge < -0.3 is 0 Å². The van der Waals surface area contributed by atoms with Crippen molar-refractivity contribution in [3.8, 4) is 11.3 Å². The van der Waals surface area contributed by atoms with Gasteiger partial charge in [0.05, 0.1) is 11.2 Å². The van der Waals surface area contributed by atoms with Crippen LogP contribution in [0.3, 0.4) is 0 Å². The molecule has 0 N–H and O–H groups in total. The molecular formula is C39H27NSSi. The summed E-state index contributed by atoms with van der Waals surface area (Å²) >= 11 is 1.87. The van der Waals surface area contributed by atoms with E-state index in [1.165, 1.54) is 46.3 Å². The van der Waals surface area contributed by atoms with Crippen LogP contribution in [0.2, 0.25) is 0 Å². The molecule has 0 bridgehead atoms. The molecule has 0 radical (unpaired) electrons. The highest BCUT2D eigenvalue weighted by atomic mass is 32.1. The molecule has 2 aromatic heterocycles. The van der Waals surface area contributed by atoms with Gasteiger partial charge in [-0.2, -0.15) is 0 Å². The van der Waals surface area contributed by atoms with E-state index in [1.54, 1.807) is 0 Å². The third-order valence-corrected chi connectivity index (χ3v) is 14.4. The minimum atomic E-state index is -2.57. The van der Waals surface area contributed by atoms with Crippen LogP contribution in [0.1, 0.15) is 0 Å². The number of hydrogen-bond donors (Lipinski definition) is 0. The third-order valence-electron chi connectivity index (χ3n) is 8.42. The molecule has 0 aliphatic heterocycles. The molecular weight excluding hydrogens is 543 g/mol. The second kappa shape index (κ2) is 10.2. The van der Waals surface area contributed by atoms with Crippen molar-refractivity contribution in [2.45, 2.75) is 0 Å². The van der Waals surface area contributed by atoms with Crippen molar-refractivity contribution in [2.75, 3.05) is 0 Å². The van der Waals surface area contributed by atoms with Gasteiger partial charge in [-0.15, -0.1) is 11.3 Å². The summed E-state index contributed by atoms with van der Waals surface area (Å²) in [5.74, 6) is 0. The van der Waals surface area contributed by atoms with Gasteiger partial charge in [-0.25, -0.2) is 4.98 Å². The van der Waals surface area contributed by atoms with Crippen molar-refractivity contribution in [1.29, 1.82) is 0 Å². The van der Waals surface area contributed by atoms with E-state index in [4.69, 9.17) is 4.98 Å². The Labute approximate surface area is 250 Å². The fraction of sp³-hybridized carbons (Fsp3) is 0. The van der Waals surface area contributed by atoms with Crippen molar-refractivity contribution in [2.24, 2.45) is 0 Å². The van der Waals surface area contributed by atoms with E-state index >= 15 is 0 Å². The number of para-hydroxylation sites is 1. The van der Waals surface area contributed by atoms with E-state index in [0.29, 0.717) is 0 Å². The first-order valence-corrected chi connectivity index (χ1v) is 17.1. The molecule has 0 amide bonds. The predicted octanol–water partition coefficient (Wildman–Crippen LogP) is 7.65. The third kappa shape index (κ3) is 3.86. The van der Waals surface area contributed by atoms with E-state index in [9.17, 15) is 0 Å². The Balaban J connectivity index is 1.40. The Hall–Kier alpha value is -4.83. The van der Waals surface area contributed by atoms with Gasteiger partial charge in [-0.3, -0.25) is 0 Å². The Bertz CT molecular complexity index is 2070. The number of nitrogens with zero attached hydrogens (tertiary/aromatic N) is 1. The van der Waals surface area contributed by atoms with E-state index in [1.807, 2.05) is 11.3 Å². The smallest absolute Gasteiger partial charge is 0.179 e. The largest absolute Gasteiger partial charge is 0.247 e. The summed E-state index contributed by atoms with van der Waals surface area (Å²) in [6.45, 7) is 0. The maximum Gasteiger partial charge on any atom is 0.179 e. The molecule has 6 aromatic carbocycles. The molecule has 0 saturated carbocycles. The summed E-state index contributed by atoms with van der Waals surface area (Å²) in [6, 6.07) is 59.9. The molecule has 3 heteroatoms. The van der Waals surface area contributed by atoms with Gasteiger partial charge in [0.15, 0.2) is 8.07 Å². The molecule has 0 atom stereocenters. The van der Waals surface area contributed by atoms with E-state index in [2.05, 4.69) is 164 Å². The number of rotatable bonds is 5. The molecule has 0 aliphatic rings. The normalized spacial score (nSPS) is 11.8. The zero-order valence-electron chi connectivity index (χ0n) is 22.9. The van der Waals surface area contributed by atoms with Crippen molar-refractivity contribution in [1.82, 2.24) is 4.98 Å². The lowest BCUT2D eigenvalue weighted by atomic mass is 10.0. The Morgan fingerprint density at radius 2 is 0.905 bits per heavy atom. The van der Waals surface area contributed by atoms with Crippen molar-refractivity contribution in [3.63, 3.8) is 0 Å². The van der Waals surface area contributed by atoms with Crippen LogP contribution in [0.15, 0.2) is 164 Å². The standard InChI is InChI=1S/C39H27NSSi/c1-4-14-29(15-5-1)42(30-16-6-2-7-17-30,31-18-8-3-9-19-31)32-26-24-28(25-27-32)38-37-34-21-11-13-23-36(34)41-39(37)33-20-10-12-22-35(33)40-38/h1-27H. The first-order chi connectivity index (χ1) is 20.8. The van der Waals surface area contributed by atoms with Crippen LogP contribution in [-0.2, 0) is 0 Å². The summed E-state index contributed by atoms with van der Waals surface area (Å²) in [5.41, 5.74) is 3.24. The fourth-order valence-corrected chi connectivity index (χ4v) is 12.5. The van der Waals surface area contributed by atoms with Gasteiger partial charge in [-0.1, -0.05) is 152 Å². The van der Waals surface area contributed by atoms with Crippen molar-refractivity contribution in [3.05, 3.63) is 164 Å². The topological polar surface area (TPSA) is 12.9 Å². The zero-order chi connectivity index (χ0) is 27.9. The van der Waals surface area contributed by atoms with Gasteiger partial charge in [0, 0.05) is 31.1 Å². The number of hydrogen-bond acceptors (Lipinski definition) is 2. The quantitative estimate of drug-likeness (QED) is 0.153. The molecule has 0 fully saturated rings. The van der Waals surface area contributed by atoms with E-state index in [-0.39, 0.29) is 0 Å². The molecule has 1 nitrogen and oxygen atoms in total. The summed E-state index contributed by atoms with van der Waals surface area (Å²) in [5, 5.41) is 9.25. The highest BCUT2D eigenvalue weighted by Crippen LogP contribution is 2.42. The van der Waals surface area contributed by atoms with E-state index in [0.717, 1.165) is 16.8 Å². The van der Waals surface area contributed by atoms with Gasteiger partial charge in [0.1, 0.15) is 0 Å². The molecule has 42 heavy (non-hydrogen) atoms. The highest BCUT2D eigenvalue weighted by molar-refractivity contribution is 7.26. The Morgan fingerprint density at radius 3 is 1.50 bits per heavy atom. The number of pyridine rings is 1. The van der Waals surface area contributed by atoms with Gasteiger partial charge >= 0.3 is 0 Å². The monoisotopic (exact) mass is 569 g/mol. The first-order valence-electron chi connectivity index (χ1n) is 14.3. The van der Waals surface area contributed by atoms with Crippen molar-refractivity contribution >= 4 is 71.2 Å². The molecule has 8 aromatic rings.